The largest absolute Gasteiger partial charge is 0.334 e. The topological polar surface area (TPSA) is 12.0 Å². The molecule has 1 rings (SSSR count). The molecule has 1 aromatic carbocycles. The van der Waals surface area contributed by atoms with Crippen LogP contribution in [0.2, 0.25) is 0 Å². The van der Waals surface area contributed by atoms with Crippen LogP contribution < -0.4 is 10.2 Å². The summed E-state index contributed by atoms with van der Waals surface area (Å²) < 4.78 is 0. The van der Waals surface area contributed by atoms with Gasteiger partial charge in [0.05, 0.1) is 0 Å². The molecule has 0 aliphatic carbocycles. The molecule has 0 aromatic heterocycles. The van der Waals surface area contributed by atoms with Gasteiger partial charge in [0.1, 0.15) is 9.68 Å². The lowest BCUT2D eigenvalue weighted by atomic mass is 9.92. The van der Waals surface area contributed by atoms with Crippen LogP contribution in [0.1, 0.15) is 27.7 Å². The zero-order valence-corrected chi connectivity index (χ0v) is 11.1. The van der Waals surface area contributed by atoms with Gasteiger partial charge in [-0.05, 0) is 19.8 Å². The van der Waals surface area contributed by atoms with Gasteiger partial charge < -0.3 is 4.98 Å². The minimum Gasteiger partial charge on any atom is -0.334 e. The molecule has 0 bridgehead atoms. The van der Waals surface area contributed by atoms with Crippen molar-refractivity contribution in [2.24, 2.45) is 5.92 Å². The van der Waals surface area contributed by atoms with E-state index in [4.69, 9.17) is 0 Å². The fraction of sp³-hybridized carbons (Fsp3) is 0.500. The predicted octanol–water partition coefficient (Wildman–Crippen LogP) is 1.42. The van der Waals surface area contributed by atoms with Gasteiger partial charge in [0.15, 0.2) is 0 Å². The van der Waals surface area contributed by atoms with E-state index in [1.807, 2.05) is 0 Å². The number of hydrogen-bond acceptors (Lipinski definition) is 1. The first-order valence-electron chi connectivity index (χ1n) is 5.31. The van der Waals surface area contributed by atoms with Crippen molar-refractivity contribution >= 4 is 14.9 Å². The fourth-order valence-corrected chi connectivity index (χ4v) is 2.71. The standard InChI is InChI=1S/C12H21NSi/c1-10(2)12(3,4)13-14-11-8-6-5-7-9-11/h5-10,13H,14H2,1-4H3. The van der Waals surface area contributed by atoms with Gasteiger partial charge in [-0.1, -0.05) is 49.4 Å². The SMILES string of the molecule is CC(C)C(C)(C)N[SiH2]c1ccccc1. The summed E-state index contributed by atoms with van der Waals surface area (Å²) in [5.74, 6) is 0.679. The molecule has 0 saturated heterocycles. The van der Waals surface area contributed by atoms with E-state index in [9.17, 15) is 0 Å². The Labute approximate surface area is 89.8 Å². The molecule has 1 aromatic rings. The van der Waals surface area contributed by atoms with E-state index in [1.54, 1.807) is 0 Å². The van der Waals surface area contributed by atoms with E-state index >= 15 is 0 Å². The van der Waals surface area contributed by atoms with Crippen molar-refractivity contribution < 1.29 is 0 Å². The summed E-state index contributed by atoms with van der Waals surface area (Å²) in [4.78, 5) is 3.71. The lowest BCUT2D eigenvalue weighted by Crippen LogP contribution is -2.49. The second-order valence-corrected chi connectivity index (χ2v) is 6.24. The molecule has 0 aliphatic heterocycles. The Bertz CT molecular complexity index is 267. The van der Waals surface area contributed by atoms with E-state index in [0.717, 1.165) is 0 Å². The molecule has 0 spiro atoms. The molecule has 0 atom stereocenters. The van der Waals surface area contributed by atoms with Crippen molar-refractivity contribution in [2.75, 3.05) is 0 Å². The van der Waals surface area contributed by atoms with Crippen molar-refractivity contribution in [2.45, 2.75) is 33.2 Å². The maximum Gasteiger partial charge on any atom is 0.125 e. The van der Waals surface area contributed by atoms with Crippen LogP contribution in [0.5, 0.6) is 0 Å². The number of benzene rings is 1. The van der Waals surface area contributed by atoms with E-state index in [2.05, 4.69) is 63.0 Å². The normalized spacial score (nSPS) is 12.9. The van der Waals surface area contributed by atoms with Crippen LogP contribution in [-0.2, 0) is 0 Å². The molecule has 0 aliphatic rings. The second kappa shape index (κ2) is 4.76. The third-order valence-corrected chi connectivity index (χ3v) is 5.00. The Kier molecular flexibility index (Phi) is 3.90. The van der Waals surface area contributed by atoms with Crippen LogP contribution >= 0.6 is 0 Å². The molecule has 0 amide bonds. The van der Waals surface area contributed by atoms with Gasteiger partial charge in [-0.2, -0.15) is 0 Å². The summed E-state index contributed by atoms with van der Waals surface area (Å²) in [6.45, 7) is 9.11. The zero-order valence-electron chi connectivity index (χ0n) is 9.67. The molecule has 0 saturated carbocycles. The highest BCUT2D eigenvalue weighted by atomic mass is 28.2. The van der Waals surface area contributed by atoms with E-state index in [-0.39, 0.29) is 15.2 Å². The summed E-state index contributed by atoms with van der Waals surface area (Å²) in [5.41, 5.74) is 0.266. The van der Waals surface area contributed by atoms with Gasteiger partial charge in [-0.15, -0.1) is 0 Å². The van der Waals surface area contributed by atoms with Crippen molar-refractivity contribution in [3.8, 4) is 0 Å². The lowest BCUT2D eigenvalue weighted by molar-refractivity contribution is 0.341. The van der Waals surface area contributed by atoms with Gasteiger partial charge in [-0.25, -0.2) is 0 Å². The van der Waals surface area contributed by atoms with Crippen molar-refractivity contribution in [1.29, 1.82) is 0 Å². The van der Waals surface area contributed by atoms with Gasteiger partial charge in [0.2, 0.25) is 0 Å². The third-order valence-electron chi connectivity index (χ3n) is 3.03. The average molecular weight is 207 g/mol. The summed E-state index contributed by atoms with van der Waals surface area (Å²) >= 11 is 0. The number of rotatable bonds is 4. The van der Waals surface area contributed by atoms with Gasteiger partial charge >= 0.3 is 0 Å². The third kappa shape index (κ3) is 3.27. The van der Waals surface area contributed by atoms with E-state index < -0.39 is 0 Å². The molecule has 14 heavy (non-hydrogen) atoms. The molecule has 1 N–H and O–H groups in total. The van der Waals surface area contributed by atoms with Crippen molar-refractivity contribution in [3.63, 3.8) is 0 Å². The van der Waals surface area contributed by atoms with Crippen LogP contribution in [-0.4, -0.2) is 15.2 Å². The van der Waals surface area contributed by atoms with Crippen molar-refractivity contribution in [3.05, 3.63) is 30.3 Å². The number of nitrogens with one attached hydrogen (secondary N) is 1. The first-order chi connectivity index (χ1) is 6.52. The Morgan fingerprint density at radius 3 is 2.21 bits per heavy atom. The van der Waals surface area contributed by atoms with E-state index in [1.165, 1.54) is 5.19 Å². The molecular weight excluding hydrogens is 186 g/mol. The molecule has 0 radical (unpaired) electrons. The first-order valence-corrected chi connectivity index (χ1v) is 6.73. The van der Waals surface area contributed by atoms with E-state index in [0.29, 0.717) is 5.92 Å². The Hall–Kier alpha value is -0.603. The lowest BCUT2D eigenvalue weighted by Gasteiger charge is -2.31. The van der Waals surface area contributed by atoms with Crippen LogP contribution in [0, 0.1) is 5.92 Å². The fourth-order valence-electron chi connectivity index (χ4n) is 1.13. The maximum absolute atomic E-state index is 3.71. The molecule has 78 valence electrons. The molecule has 0 heterocycles. The van der Waals surface area contributed by atoms with Crippen LogP contribution in [0.25, 0.3) is 0 Å². The van der Waals surface area contributed by atoms with Crippen LogP contribution in [0.3, 0.4) is 0 Å². The van der Waals surface area contributed by atoms with Gasteiger partial charge in [-0.3, -0.25) is 0 Å². The molecule has 0 unspecified atom stereocenters. The predicted molar refractivity (Wildman–Crippen MR) is 66.7 cm³/mol. The second-order valence-electron chi connectivity index (χ2n) is 4.72. The minimum absolute atomic E-state index is 0.266. The quantitative estimate of drug-likeness (QED) is 0.736. The molecule has 2 heteroatoms. The minimum atomic E-state index is -0.308. The summed E-state index contributed by atoms with van der Waals surface area (Å²) in [6.07, 6.45) is 0. The highest BCUT2D eigenvalue weighted by Gasteiger charge is 2.20. The molecule has 1 nitrogen and oxygen atoms in total. The summed E-state index contributed by atoms with van der Waals surface area (Å²) in [7, 11) is -0.308. The Morgan fingerprint density at radius 2 is 1.71 bits per heavy atom. The highest BCUT2D eigenvalue weighted by molar-refractivity contribution is 6.50. The highest BCUT2D eigenvalue weighted by Crippen LogP contribution is 2.13. The van der Waals surface area contributed by atoms with Crippen LogP contribution in [0.15, 0.2) is 30.3 Å². The smallest absolute Gasteiger partial charge is 0.125 e. The first kappa shape index (κ1) is 11.5. The molecule has 0 fully saturated rings. The number of hydrogen-bond donors (Lipinski definition) is 1. The van der Waals surface area contributed by atoms with Gasteiger partial charge in [0, 0.05) is 5.54 Å². The molecular formula is C12H21NSi. The average Bonchev–Trinajstić information content (AvgIpc) is 2.16. The maximum atomic E-state index is 3.71. The van der Waals surface area contributed by atoms with Gasteiger partial charge in [0.25, 0.3) is 0 Å². The summed E-state index contributed by atoms with van der Waals surface area (Å²) in [6, 6.07) is 10.7. The Balaban J connectivity index is 2.49. The zero-order chi connectivity index (χ0) is 10.6. The monoisotopic (exact) mass is 207 g/mol. The summed E-state index contributed by atoms with van der Waals surface area (Å²) in [5, 5.41) is 1.49. The van der Waals surface area contributed by atoms with Crippen molar-refractivity contribution in [1.82, 2.24) is 4.98 Å². The Morgan fingerprint density at radius 1 is 1.14 bits per heavy atom. The van der Waals surface area contributed by atoms with Crippen LogP contribution in [0.4, 0.5) is 0 Å².